The number of para-hydroxylation sites is 1. The minimum atomic E-state index is -1.07. The quantitative estimate of drug-likeness (QED) is 0.815. The van der Waals surface area contributed by atoms with Crippen molar-refractivity contribution in [3.05, 3.63) is 69.6 Å². The molecule has 2 aromatic carbocycles. The van der Waals surface area contributed by atoms with Gasteiger partial charge in [0, 0.05) is 5.02 Å². The Morgan fingerprint density at radius 2 is 1.88 bits per heavy atom. The summed E-state index contributed by atoms with van der Waals surface area (Å²) in [5.41, 5.74) is 1.21. The van der Waals surface area contributed by atoms with E-state index in [-0.39, 0.29) is 11.5 Å². The van der Waals surface area contributed by atoms with Crippen molar-refractivity contribution in [2.75, 3.05) is 0 Å². The number of thioether (sulfide) groups is 1. The van der Waals surface area contributed by atoms with E-state index in [2.05, 4.69) is 10.3 Å². The Morgan fingerprint density at radius 3 is 2.58 bits per heavy atom. The maximum absolute atomic E-state index is 12.0. The maximum Gasteiger partial charge on any atom is 0.337 e. The normalized spacial score (nSPS) is 17.3. The van der Waals surface area contributed by atoms with E-state index in [4.69, 9.17) is 11.6 Å². The second-order valence-corrected chi connectivity index (χ2v) is 6.32. The van der Waals surface area contributed by atoms with Crippen LogP contribution in [0.4, 0.5) is 5.69 Å². The summed E-state index contributed by atoms with van der Waals surface area (Å²) in [5.74, 6) is -1.34. The number of amidine groups is 1. The van der Waals surface area contributed by atoms with E-state index in [1.165, 1.54) is 6.07 Å². The van der Waals surface area contributed by atoms with Crippen molar-refractivity contribution in [1.82, 2.24) is 5.32 Å². The summed E-state index contributed by atoms with van der Waals surface area (Å²) in [6.45, 7) is 0. The fourth-order valence-corrected chi connectivity index (χ4v) is 3.01. The molecule has 0 bridgehead atoms. The number of carbonyl (C=O) groups is 2. The molecule has 0 unspecified atom stereocenters. The first-order valence-corrected chi connectivity index (χ1v) is 8.10. The molecule has 120 valence electrons. The van der Waals surface area contributed by atoms with Gasteiger partial charge in [0.15, 0.2) is 5.17 Å². The number of rotatable bonds is 3. The summed E-state index contributed by atoms with van der Waals surface area (Å²) in [6, 6.07) is 13.5. The third-order valence-electron chi connectivity index (χ3n) is 3.18. The van der Waals surface area contributed by atoms with Crippen molar-refractivity contribution in [1.29, 1.82) is 0 Å². The van der Waals surface area contributed by atoms with E-state index in [9.17, 15) is 14.7 Å². The molecule has 0 spiro atoms. The van der Waals surface area contributed by atoms with Crippen molar-refractivity contribution in [3.63, 3.8) is 0 Å². The minimum absolute atomic E-state index is 0.0787. The Morgan fingerprint density at radius 1 is 1.17 bits per heavy atom. The predicted molar refractivity (Wildman–Crippen MR) is 95.7 cm³/mol. The molecule has 0 aliphatic carbocycles. The fraction of sp³-hybridized carbons (Fsp3) is 0. The molecular formula is C17H11ClN2O3S. The van der Waals surface area contributed by atoms with Crippen molar-refractivity contribution in [2.45, 2.75) is 0 Å². The highest BCUT2D eigenvalue weighted by Crippen LogP contribution is 2.29. The van der Waals surface area contributed by atoms with Gasteiger partial charge in [-0.1, -0.05) is 35.9 Å². The first-order valence-electron chi connectivity index (χ1n) is 6.90. The number of hydrogen-bond donors (Lipinski definition) is 2. The first-order chi connectivity index (χ1) is 11.5. The largest absolute Gasteiger partial charge is 0.478 e. The van der Waals surface area contributed by atoms with Gasteiger partial charge in [0.2, 0.25) is 0 Å². The molecule has 1 amide bonds. The van der Waals surface area contributed by atoms with Crippen LogP contribution < -0.4 is 5.32 Å². The number of aromatic carboxylic acids is 1. The molecule has 1 aliphatic heterocycles. The lowest BCUT2D eigenvalue weighted by Crippen LogP contribution is -2.19. The lowest BCUT2D eigenvalue weighted by Gasteiger charge is -2.00. The van der Waals surface area contributed by atoms with E-state index in [0.717, 1.165) is 17.3 Å². The molecule has 0 radical (unpaired) electrons. The van der Waals surface area contributed by atoms with Gasteiger partial charge in [-0.3, -0.25) is 4.79 Å². The van der Waals surface area contributed by atoms with E-state index >= 15 is 0 Å². The van der Waals surface area contributed by atoms with E-state index in [0.29, 0.717) is 20.8 Å². The molecule has 1 aliphatic rings. The highest BCUT2D eigenvalue weighted by Gasteiger charge is 2.24. The number of aliphatic imine (C=N–C) groups is 1. The fourth-order valence-electron chi connectivity index (χ4n) is 2.05. The zero-order chi connectivity index (χ0) is 17.1. The number of hydrogen-bond acceptors (Lipinski definition) is 4. The molecule has 1 saturated heterocycles. The van der Waals surface area contributed by atoms with E-state index in [1.807, 2.05) is 0 Å². The summed E-state index contributed by atoms with van der Waals surface area (Å²) in [4.78, 5) is 28.0. The van der Waals surface area contributed by atoms with Gasteiger partial charge < -0.3 is 10.4 Å². The van der Waals surface area contributed by atoms with Gasteiger partial charge in [-0.05, 0) is 47.7 Å². The van der Waals surface area contributed by atoms with Crippen LogP contribution in [0, 0.1) is 0 Å². The number of halogens is 1. The zero-order valence-electron chi connectivity index (χ0n) is 12.2. The van der Waals surface area contributed by atoms with Crippen molar-refractivity contribution in [3.8, 4) is 0 Å². The molecule has 24 heavy (non-hydrogen) atoms. The van der Waals surface area contributed by atoms with Crippen LogP contribution in [0.3, 0.4) is 0 Å². The van der Waals surface area contributed by atoms with Crippen molar-refractivity contribution in [2.24, 2.45) is 4.99 Å². The minimum Gasteiger partial charge on any atom is -0.478 e. The second-order valence-electron chi connectivity index (χ2n) is 4.86. The van der Waals surface area contributed by atoms with Crippen LogP contribution in [-0.4, -0.2) is 22.2 Å². The summed E-state index contributed by atoms with van der Waals surface area (Å²) >= 11 is 7.00. The second kappa shape index (κ2) is 6.90. The Hall–Kier alpha value is -2.57. The number of carboxylic acids is 1. The lowest BCUT2D eigenvalue weighted by atomic mass is 10.2. The number of carbonyl (C=O) groups excluding carboxylic acids is 1. The van der Waals surface area contributed by atoms with Crippen LogP contribution in [0.5, 0.6) is 0 Å². The molecule has 3 rings (SSSR count). The van der Waals surface area contributed by atoms with Crippen molar-refractivity contribution < 1.29 is 14.7 Å². The maximum atomic E-state index is 12.0. The van der Waals surface area contributed by atoms with Gasteiger partial charge in [-0.2, -0.15) is 0 Å². The molecular weight excluding hydrogens is 348 g/mol. The van der Waals surface area contributed by atoms with E-state index < -0.39 is 5.97 Å². The smallest absolute Gasteiger partial charge is 0.337 e. The van der Waals surface area contributed by atoms with Gasteiger partial charge in [0.1, 0.15) is 0 Å². The highest BCUT2D eigenvalue weighted by atomic mass is 35.5. The van der Waals surface area contributed by atoms with Gasteiger partial charge >= 0.3 is 5.97 Å². The average molecular weight is 359 g/mol. The number of amides is 1. The average Bonchev–Trinajstić information content (AvgIpc) is 2.89. The molecule has 5 nitrogen and oxygen atoms in total. The summed E-state index contributed by atoms with van der Waals surface area (Å²) in [5, 5.41) is 12.8. The third-order valence-corrected chi connectivity index (χ3v) is 4.34. The van der Waals surface area contributed by atoms with E-state index in [1.54, 1.807) is 48.5 Å². The summed E-state index contributed by atoms with van der Waals surface area (Å²) in [6.07, 6.45) is 1.72. The van der Waals surface area contributed by atoms with Gasteiger partial charge in [0.05, 0.1) is 16.2 Å². The Bertz CT molecular complexity index is 876. The topological polar surface area (TPSA) is 78.8 Å². The number of benzene rings is 2. The van der Waals surface area contributed by atoms with Crippen LogP contribution >= 0.6 is 23.4 Å². The van der Waals surface area contributed by atoms with Crippen LogP contribution in [0.2, 0.25) is 5.02 Å². The van der Waals surface area contributed by atoms with Crippen LogP contribution in [-0.2, 0) is 4.79 Å². The summed E-state index contributed by atoms with van der Waals surface area (Å²) in [7, 11) is 0. The number of nitrogens with zero attached hydrogens (tertiary/aromatic N) is 1. The lowest BCUT2D eigenvalue weighted by molar-refractivity contribution is -0.115. The van der Waals surface area contributed by atoms with Crippen molar-refractivity contribution >= 4 is 52.2 Å². The molecule has 0 saturated carbocycles. The highest BCUT2D eigenvalue weighted by molar-refractivity contribution is 8.18. The number of carboxylic acid groups (broad SMARTS) is 1. The Labute approximate surface area is 147 Å². The molecule has 2 aromatic rings. The van der Waals surface area contributed by atoms with Crippen LogP contribution in [0.15, 0.2) is 58.4 Å². The predicted octanol–water partition coefficient (Wildman–Crippen LogP) is 3.93. The Balaban J connectivity index is 1.87. The molecule has 0 aromatic heterocycles. The molecule has 0 atom stereocenters. The summed E-state index contributed by atoms with van der Waals surface area (Å²) < 4.78 is 0. The Kier molecular flexibility index (Phi) is 4.69. The molecule has 2 N–H and O–H groups in total. The van der Waals surface area contributed by atoms with Crippen LogP contribution in [0.1, 0.15) is 15.9 Å². The van der Waals surface area contributed by atoms with Gasteiger partial charge in [-0.15, -0.1) is 0 Å². The van der Waals surface area contributed by atoms with Crippen LogP contribution in [0.25, 0.3) is 6.08 Å². The third kappa shape index (κ3) is 3.67. The molecule has 1 fully saturated rings. The molecule has 7 heteroatoms. The zero-order valence-corrected chi connectivity index (χ0v) is 13.8. The standard InChI is InChI=1S/C17H11ClN2O3S/c18-11-7-5-10(6-8-11)9-14-15(21)20-17(24-14)19-13-4-2-1-3-12(13)16(22)23/h1-9H,(H,22,23)(H,19,20,21). The molecule has 1 heterocycles. The monoisotopic (exact) mass is 358 g/mol. The van der Waals surface area contributed by atoms with Gasteiger partial charge in [0.25, 0.3) is 5.91 Å². The number of nitrogens with one attached hydrogen (secondary N) is 1. The first kappa shape index (κ1) is 16.3. The SMILES string of the molecule is O=C1NC(=Nc2ccccc2C(=O)O)SC1=Cc1ccc(Cl)cc1. The van der Waals surface area contributed by atoms with Gasteiger partial charge in [-0.25, -0.2) is 9.79 Å².